The summed E-state index contributed by atoms with van der Waals surface area (Å²) in [4.78, 5) is 4.51. The number of hydrogen-bond acceptors (Lipinski definition) is 6. The fraction of sp³-hybridized carbons (Fsp3) is 0.409. The van der Waals surface area contributed by atoms with Gasteiger partial charge >= 0.3 is 0 Å². The molecule has 0 radical (unpaired) electrons. The van der Waals surface area contributed by atoms with Crippen molar-refractivity contribution in [3.63, 3.8) is 0 Å². The Morgan fingerprint density at radius 2 is 1.74 bits per heavy atom. The summed E-state index contributed by atoms with van der Waals surface area (Å²) in [7, 11) is 1.66. The maximum Gasteiger partial charge on any atom is 0.168 e. The van der Waals surface area contributed by atoms with E-state index >= 15 is 0 Å². The van der Waals surface area contributed by atoms with Crippen molar-refractivity contribution in [2.75, 3.05) is 38.2 Å². The van der Waals surface area contributed by atoms with E-state index in [-0.39, 0.29) is 24.3 Å². The fourth-order valence-corrected chi connectivity index (χ4v) is 4.05. The van der Waals surface area contributed by atoms with E-state index in [0.29, 0.717) is 12.2 Å². The Bertz CT molecular complexity index is 959. The lowest BCUT2D eigenvalue weighted by atomic mass is 10.1. The zero-order valence-electron chi connectivity index (χ0n) is 17.8. The third-order valence-corrected chi connectivity index (χ3v) is 5.68. The second kappa shape index (κ2) is 10.5. The molecule has 7 nitrogen and oxygen atoms in total. The van der Waals surface area contributed by atoms with Gasteiger partial charge < -0.3 is 9.64 Å². The Balaban J connectivity index is 0.00000272. The van der Waals surface area contributed by atoms with Crippen LogP contribution in [0, 0.1) is 5.82 Å². The first-order valence-corrected chi connectivity index (χ1v) is 10.3. The number of ether oxygens (including phenoxy) is 1. The number of piperazine rings is 1. The van der Waals surface area contributed by atoms with E-state index in [0.717, 1.165) is 49.7 Å². The molecule has 0 amide bonds. The quantitative estimate of drug-likeness (QED) is 0.553. The highest BCUT2D eigenvalue weighted by atomic mass is 35.5. The van der Waals surface area contributed by atoms with Gasteiger partial charge in [-0.2, -0.15) is 0 Å². The van der Waals surface area contributed by atoms with Crippen molar-refractivity contribution in [3.8, 4) is 5.75 Å². The summed E-state index contributed by atoms with van der Waals surface area (Å²) < 4.78 is 21.2. The molecule has 0 bridgehead atoms. The number of aromatic nitrogens is 4. The highest BCUT2D eigenvalue weighted by Crippen LogP contribution is 2.26. The summed E-state index contributed by atoms with van der Waals surface area (Å²) in [5, 5.41) is 12.5. The first-order chi connectivity index (χ1) is 14.7. The molecule has 1 unspecified atom stereocenters. The number of tetrazole rings is 1. The van der Waals surface area contributed by atoms with Crippen LogP contribution in [0.1, 0.15) is 30.8 Å². The molecular formula is C22H28ClFN6O. The van der Waals surface area contributed by atoms with E-state index in [4.69, 9.17) is 4.74 Å². The summed E-state index contributed by atoms with van der Waals surface area (Å²) in [6.45, 7) is 5.98. The SMILES string of the molecule is CCC(c1nnnn1Cc1ccc(OC)cc1)N1CCN(c2ccccc2F)CC1.Cl. The van der Waals surface area contributed by atoms with Crippen LogP contribution in [0.2, 0.25) is 0 Å². The van der Waals surface area contributed by atoms with Gasteiger partial charge in [0.15, 0.2) is 5.82 Å². The molecule has 2 aromatic carbocycles. The fourth-order valence-electron chi connectivity index (χ4n) is 4.05. The van der Waals surface area contributed by atoms with Gasteiger partial charge in [0.2, 0.25) is 0 Å². The van der Waals surface area contributed by atoms with Crippen LogP contribution in [0.4, 0.5) is 10.1 Å². The zero-order chi connectivity index (χ0) is 20.9. The number of methoxy groups -OCH3 is 1. The van der Waals surface area contributed by atoms with Gasteiger partial charge in [0.05, 0.1) is 25.4 Å². The number of rotatable bonds is 7. The minimum absolute atomic E-state index is 0. The summed E-state index contributed by atoms with van der Waals surface area (Å²) in [5.74, 6) is 1.53. The minimum atomic E-state index is -0.165. The van der Waals surface area contributed by atoms with Crippen LogP contribution in [0.15, 0.2) is 48.5 Å². The Morgan fingerprint density at radius 3 is 2.39 bits per heavy atom. The van der Waals surface area contributed by atoms with Crippen LogP contribution in [0.3, 0.4) is 0 Å². The van der Waals surface area contributed by atoms with Crippen molar-refractivity contribution in [1.29, 1.82) is 0 Å². The molecule has 0 N–H and O–H groups in total. The molecule has 1 aromatic heterocycles. The number of hydrogen-bond donors (Lipinski definition) is 0. The Hall–Kier alpha value is -2.71. The summed E-state index contributed by atoms with van der Waals surface area (Å²) in [5.41, 5.74) is 1.79. The molecule has 166 valence electrons. The van der Waals surface area contributed by atoms with E-state index < -0.39 is 0 Å². The highest BCUT2D eigenvalue weighted by Gasteiger charge is 2.28. The van der Waals surface area contributed by atoms with Crippen LogP contribution < -0.4 is 9.64 Å². The normalized spacial score (nSPS) is 15.4. The van der Waals surface area contributed by atoms with E-state index in [1.165, 1.54) is 6.07 Å². The molecule has 1 atom stereocenters. The second-order valence-electron chi connectivity index (χ2n) is 7.44. The maximum atomic E-state index is 14.1. The number of anilines is 1. The monoisotopic (exact) mass is 446 g/mol. The molecule has 2 heterocycles. The molecule has 4 rings (SSSR count). The Labute approximate surface area is 188 Å². The van der Waals surface area contributed by atoms with Gasteiger partial charge in [0.1, 0.15) is 11.6 Å². The van der Waals surface area contributed by atoms with E-state index in [1.54, 1.807) is 13.2 Å². The number of benzene rings is 2. The first kappa shape index (κ1) is 23.0. The molecule has 1 aliphatic heterocycles. The highest BCUT2D eigenvalue weighted by molar-refractivity contribution is 5.85. The molecule has 0 saturated carbocycles. The van der Waals surface area contributed by atoms with E-state index in [2.05, 4.69) is 32.2 Å². The summed E-state index contributed by atoms with van der Waals surface area (Å²) in [6.07, 6.45) is 0.905. The third-order valence-electron chi connectivity index (χ3n) is 5.68. The van der Waals surface area contributed by atoms with Gasteiger partial charge in [0.25, 0.3) is 0 Å². The average Bonchev–Trinajstić information content (AvgIpc) is 3.23. The van der Waals surface area contributed by atoms with E-state index in [9.17, 15) is 4.39 Å². The van der Waals surface area contributed by atoms with Crippen LogP contribution >= 0.6 is 12.4 Å². The van der Waals surface area contributed by atoms with Crippen LogP contribution in [0.25, 0.3) is 0 Å². The lowest BCUT2D eigenvalue weighted by Crippen LogP contribution is -2.48. The molecule has 1 aliphatic rings. The molecule has 3 aromatic rings. The van der Waals surface area contributed by atoms with Crippen LogP contribution in [0.5, 0.6) is 5.75 Å². The second-order valence-corrected chi connectivity index (χ2v) is 7.44. The molecule has 1 saturated heterocycles. The van der Waals surface area contributed by atoms with Gasteiger partial charge in [-0.25, -0.2) is 9.07 Å². The molecule has 0 aliphatic carbocycles. The third kappa shape index (κ3) is 5.14. The van der Waals surface area contributed by atoms with Crippen molar-refractivity contribution in [2.24, 2.45) is 0 Å². The smallest absolute Gasteiger partial charge is 0.168 e. The molecule has 0 spiro atoms. The first-order valence-electron chi connectivity index (χ1n) is 10.3. The van der Waals surface area contributed by atoms with Crippen molar-refractivity contribution in [1.82, 2.24) is 25.1 Å². The number of halogens is 2. The van der Waals surface area contributed by atoms with Crippen molar-refractivity contribution in [2.45, 2.75) is 25.9 Å². The van der Waals surface area contributed by atoms with Gasteiger partial charge in [-0.15, -0.1) is 17.5 Å². The van der Waals surface area contributed by atoms with Gasteiger partial charge in [-0.1, -0.05) is 31.2 Å². The Morgan fingerprint density at radius 1 is 1.03 bits per heavy atom. The summed E-state index contributed by atoms with van der Waals surface area (Å²) >= 11 is 0. The standard InChI is InChI=1S/C22H27FN6O.ClH/c1-3-20(27-12-14-28(15-13-27)21-7-5-4-6-19(21)23)22-24-25-26-29(22)16-17-8-10-18(30-2)11-9-17;/h4-11,20H,3,12-16H2,1-2H3;1H. The van der Waals surface area contributed by atoms with Crippen molar-refractivity contribution < 1.29 is 9.13 Å². The Kier molecular flexibility index (Phi) is 7.81. The number of nitrogens with zero attached hydrogens (tertiary/aromatic N) is 6. The minimum Gasteiger partial charge on any atom is -0.497 e. The number of para-hydroxylation sites is 1. The lowest BCUT2D eigenvalue weighted by Gasteiger charge is -2.39. The zero-order valence-corrected chi connectivity index (χ0v) is 18.6. The largest absolute Gasteiger partial charge is 0.497 e. The summed E-state index contributed by atoms with van der Waals surface area (Å²) in [6, 6.07) is 15.0. The topological polar surface area (TPSA) is 59.3 Å². The lowest BCUT2D eigenvalue weighted by molar-refractivity contribution is 0.169. The predicted molar refractivity (Wildman–Crippen MR) is 120 cm³/mol. The van der Waals surface area contributed by atoms with Gasteiger partial charge in [-0.3, -0.25) is 4.90 Å². The molecule has 1 fully saturated rings. The predicted octanol–water partition coefficient (Wildman–Crippen LogP) is 3.56. The van der Waals surface area contributed by atoms with Gasteiger partial charge in [-0.05, 0) is 46.7 Å². The van der Waals surface area contributed by atoms with Crippen molar-refractivity contribution >= 4 is 18.1 Å². The van der Waals surface area contributed by atoms with Crippen molar-refractivity contribution in [3.05, 3.63) is 65.7 Å². The molecule has 9 heteroatoms. The average molecular weight is 447 g/mol. The molecule has 31 heavy (non-hydrogen) atoms. The van der Waals surface area contributed by atoms with E-state index in [1.807, 2.05) is 41.1 Å². The van der Waals surface area contributed by atoms with Crippen LogP contribution in [-0.4, -0.2) is 58.4 Å². The van der Waals surface area contributed by atoms with Crippen LogP contribution in [-0.2, 0) is 6.54 Å². The maximum absolute atomic E-state index is 14.1. The molecular weight excluding hydrogens is 419 g/mol. The van der Waals surface area contributed by atoms with Gasteiger partial charge in [0, 0.05) is 26.2 Å².